The number of aryl methyl sites for hydroxylation is 1. The monoisotopic (exact) mass is 290 g/mol. The second-order valence-corrected chi connectivity index (χ2v) is 5.44. The minimum atomic E-state index is 0.388. The van der Waals surface area contributed by atoms with Crippen LogP contribution >= 0.6 is 0 Å². The predicted molar refractivity (Wildman–Crippen MR) is 86.4 cm³/mol. The van der Waals surface area contributed by atoms with Crippen molar-refractivity contribution in [3.63, 3.8) is 0 Å². The van der Waals surface area contributed by atoms with Crippen LogP contribution in [-0.4, -0.2) is 50.3 Å². The molecule has 2 rings (SSSR count). The van der Waals surface area contributed by atoms with Crippen molar-refractivity contribution in [2.75, 3.05) is 25.0 Å². The van der Waals surface area contributed by atoms with Crippen LogP contribution in [0.4, 0.5) is 5.82 Å². The van der Waals surface area contributed by atoms with E-state index in [0.29, 0.717) is 6.04 Å². The van der Waals surface area contributed by atoms with Crippen LogP contribution in [0.15, 0.2) is 12.5 Å². The maximum absolute atomic E-state index is 4.35. The molecule has 6 nitrogen and oxygen atoms in total. The summed E-state index contributed by atoms with van der Waals surface area (Å²) in [4.78, 5) is 11.1. The molecule has 116 valence electrons. The summed E-state index contributed by atoms with van der Waals surface area (Å²) in [5.74, 6) is 0.878. The third-order valence-electron chi connectivity index (χ3n) is 3.92. The summed E-state index contributed by atoms with van der Waals surface area (Å²) >= 11 is 0. The van der Waals surface area contributed by atoms with E-state index < -0.39 is 0 Å². The molecule has 1 atom stereocenters. The van der Waals surface area contributed by atoms with E-state index in [4.69, 9.17) is 0 Å². The Bertz CT molecular complexity index is 560. The van der Waals surface area contributed by atoms with Crippen molar-refractivity contribution < 1.29 is 0 Å². The number of hydrogen-bond donors (Lipinski definition) is 1. The zero-order valence-electron chi connectivity index (χ0n) is 13.5. The average molecular weight is 290 g/mol. The molecule has 0 saturated heterocycles. The van der Waals surface area contributed by atoms with Crippen LogP contribution in [0, 0.1) is 0 Å². The lowest BCUT2D eigenvalue weighted by atomic mass is 10.1. The van der Waals surface area contributed by atoms with Crippen LogP contribution in [0.2, 0.25) is 0 Å². The van der Waals surface area contributed by atoms with Crippen molar-refractivity contribution in [2.45, 2.75) is 39.7 Å². The van der Waals surface area contributed by atoms with Crippen molar-refractivity contribution in [3.8, 4) is 0 Å². The molecule has 2 heterocycles. The van der Waals surface area contributed by atoms with Gasteiger partial charge in [0.25, 0.3) is 0 Å². The summed E-state index contributed by atoms with van der Waals surface area (Å²) in [5, 5.41) is 8.71. The molecule has 0 saturated carbocycles. The number of anilines is 1. The normalized spacial score (nSPS) is 13.0. The first-order valence-corrected chi connectivity index (χ1v) is 7.77. The third-order valence-corrected chi connectivity index (χ3v) is 3.92. The van der Waals surface area contributed by atoms with E-state index in [9.17, 15) is 0 Å². The SMILES string of the molecule is CCN(CC)CCC[C@H](C)Nc1ncnc2c1cnn2C. The Morgan fingerprint density at radius 3 is 2.76 bits per heavy atom. The quantitative estimate of drug-likeness (QED) is 0.808. The average Bonchev–Trinajstić information content (AvgIpc) is 2.86. The van der Waals surface area contributed by atoms with Crippen LogP contribution in [0.25, 0.3) is 11.0 Å². The lowest BCUT2D eigenvalue weighted by Gasteiger charge is -2.20. The van der Waals surface area contributed by atoms with Gasteiger partial charge in [0.2, 0.25) is 0 Å². The van der Waals surface area contributed by atoms with Gasteiger partial charge in [0.15, 0.2) is 5.65 Å². The molecule has 2 aromatic rings. The minimum absolute atomic E-state index is 0.388. The number of fused-ring (bicyclic) bond motifs is 1. The number of nitrogens with zero attached hydrogens (tertiary/aromatic N) is 5. The van der Waals surface area contributed by atoms with Crippen molar-refractivity contribution in [1.82, 2.24) is 24.6 Å². The van der Waals surface area contributed by atoms with Gasteiger partial charge in [-0.2, -0.15) is 5.10 Å². The summed E-state index contributed by atoms with van der Waals surface area (Å²) in [6.07, 6.45) is 5.73. The van der Waals surface area contributed by atoms with E-state index in [1.807, 2.05) is 13.2 Å². The summed E-state index contributed by atoms with van der Waals surface area (Å²) in [5.41, 5.74) is 0.864. The number of hydrogen-bond acceptors (Lipinski definition) is 5. The number of rotatable bonds is 8. The van der Waals surface area contributed by atoms with E-state index in [1.54, 1.807) is 11.0 Å². The van der Waals surface area contributed by atoms with Gasteiger partial charge in [-0.25, -0.2) is 9.97 Å². The topological polar surface area (TPSA) is 58.9 Å². The van der Waals surface area contributed by atoms with Gasteiger partial charge in [0.05, 0.1) is 11.6 Å². The van der Waals surface area contributed by atoms with Crippen molar-refractivity contribution in [3.05, 3.63) is 12.5 Å². The fourth-order valence-electron chi connectivity index (χ4n) is 2.54. The van der Waals surface area contributed by atoms with E-state index in [1.165, 1.54) is 6.42 Å². The highest BCUT2D eigenvalue weighted by atomic mass is 15.3. The molecule has 21 heavy (non-hydrogen) atoms. The number of nitrogens with one attached hydrogen (secondary N) is 1. The highest BCUT2D eigenvalue weighted by molar-refractivity contribution is 5.86. The first kappa shape index (κ1) is 15.7. The molecule has 0 unspecified atom stereocenters. The molecule has 6 heteroatoms. The fourth-order valence-corrected chi connectivity index (χ4v) is 2.54. The van der Waals surface area contributed by atoms with E-state index in [2.05, 4.69) is 46.1 Å². The van der Waals surface area contributed by atoms with E-state index >= 15 is 0 Å². The lowest BCUT2D eigenvalue weighted by molar-refractivity contribution is 0.295. The molecule has 0 aliphatic heterocycles. The summed E-state index contributed by atoms with van der Waals surface area (Å²) in [6.45, 7) is 10.0. The maximum Gasteiger partial charge on any atom is 0.163 e. The lowest BCUT2D eigenvalue weighted by Crippen LogP contribution is -2.25. The Balaban J connectivity index is 1.91. The van der Waals surface area contributed by atoms with Gasteiger partial charge in [-0.05, 0) is 39.4 Å². The molecule has 0 spiro atoms. The van der Waals surface area contributed by atoms with Gasteiger partial charge < -0.3 is 10.2 Å². The van der Waals surface area contributed by atoms with Gasteiger partial charge in [0.1, 0.15) is 12.1 Å². The highest BCUT2D eigenvalue weighted by Gasteiger charge is 2.10. The zero-order chi connectivity index (χ0) is 15.2. The van der Waals surface area contributed by atoms with Gasteiger partial charge in [0, 0.05) is 13.1 Å². The first-order valence-electron chi connectivity index (χ1n) is 7.77. The fraction of sp³-hybridized carbons (Fsp3) is 0.667. The second kappa shape index (κ2) is 7.36. The van der Waals surface area contributed by atoms with Gasteiger partial charge >= 0.3 is 0 Å². The van der Waals surface area contributed by atoms with Crippen LogP contribution < -0.4 is 5.32 Å². The van der Waals surface area contributed by atoms with Gasteiger partial charge in [-0.3, -0.25) is 4.68 Å². The summed E-state index contributed by atoms with van der Waals surface area (Å²) < 4.78 is 1.77. The zero-order valence-corrected chi connectivity index (χ0v) is 13.5. The molecule has 2 aromatic heterocycles. The Hall–Kier alpha value is -1.69. The molecular weight excluding hydrogens is 264 g/mol. The largest absolute Gasteiger partial charge is 0.367 e. The molecule has 1 N–H and O–H groups in total. The molecular formula is C15H26N6. The summed E-state index contributed by atoms with van der Waals surface area (Å²) in [6, 6.07) is 0.388. The van der Waals surface area contributed by atoms with Crippen LogP contribution in [0.5, 0.6) is 0 Å². The maximum atomic E-state index is 4.35. The standard InChI is InChI=1S/C15H26N6/c1-5-21(6-2)9-7-8-12(3)19-14-13-10-18-20(4)15(13)17-11-16-14/h10-12H,5-9H2,1-4H3,(H,16,17,19)/t12-/m0/s1. The summed E-state index contributed by atoms with van der Waals surface area (Å²) in [7, 11) is 1.90. The smallest absolute Gasteiger partial charge is 0.163 e. The Kier molecular flexibility index (Phi) is 5.50. The Morgan fingerprint density at radius 1 is 1.29 bits per heavy atom. The molecule has 0 aliphatic rings. The number of aromatic nitrogens is 4. The van der Waals surface area contributed by atoms with Crippen LogP contribution in [-0.2, 0) is 7.05 Å². The molecule has 0 radical (unpaired) electrons. The molecule has 0 amide bonds. The van der Waals surface area contributed by atoms with Crippen LogP contribution in [0.3, 0.4) is 0 Å². The first-order chi connectivity index (χ1) is 10.2. The van der Waals surface area contributed by atoms with Crippen LogP contribution in [0.1, 0.15) is 33.6 Å². The highest BCUT2D eigenvalue weighted by Crippen LogP contribution is 2.19. The Morgan fingerprint density at radius 2 is 2.05 bits per heavy atom. The van der Waals surface area contributed by atoms with Crippen molar-refractivity contribution in [1.29, 1.82) is 0 Å². The second-order valence-electron chi connectivity index (χ2n) is 5.44. The van der Waals surface area contributed by atoms with Crippen molar-refractivity contribution in [2.24, 2.45) is 7.05 Å². The van der Waals surface area contributed by atoms with E-state index in [-0.39, 0.29) is 0 Å². The van der Waals surface area contributed by atoms with Gasteiger partial charge in [-0.15, -0.1) is 0 Å². The third kappa shape index (κ3) is 3.91. The molecule has 0 fully saturated rings. The minimum Gasteiger partial charge on any atom is -0.367 e. The molecule has 0 aliphatic carbocycles. The van der Waals surface area contributed by atoms with Crippen molar-refractivity contribution >= 4 is 16.9 Å². The molecule has 0 bridgehead atoms. The predicted octanol–water partition coefficient (Wildman–Crippen LogP) is 2.29. The van der Waals surface area contributed by atoms with E-state index in [0.717, 1.165) is 42.9 Å². The molecule has 0 aromatic carbocycles. The van der Waals surface area contributed by atoms with Gasteiger partial charge in [-0.1, -0.05) is 13.8 Å². The Labute approximate surface area is 126 Å².